The molecule has 2 atom stereocenters. The molecule has 1 aromatic carbocycles. The number of hydrogen-bond acceptors (Lipinski definition) is 5. The fraction of sp³-hybridized carbons (Fsp3) is 0.625. The zero-order valence-corrected chi connectivity index (χ0v) is 18.0. The highest BCUT2D eigenvalue weighted by molar-refractivity contribution is 5.84. The number of H-pyrrole nitrogens is 1. The summed E-state index contributed by atoms with van der Waals surface area (Å²) in [6, 6.07) is 8.37. The summed E-state index contributed by atoms with van der Waals surface area (Å²) in [5, 5.41) is 9.80. The van der Waals surface area contributed by atoms with Crippen molar-refractivity contribution in [3.63, 3.8) is 0 Å². The monoisotopic (exact) mass is 424 g/mol. The molecule has 1 aliphatic heterocycles. The minimum absolute atomic E-state index is 0.131. The first-order chi connectivity index (χ1) is 15.0. The first kappa shape index (κ1) is 20.6. The number of hydroxylamine groups is 2. The fourth-order valence-electron chi connectivity index (χ4n) is 5.95. The quantitative estimate of drug-likeness (QED) is 0.379. The van der Waals surface area contributed by atoms with Crippen LogP contribution in [0.4, 0.5) is 0 Å². The average Bonchev–Trinajstić information content (AvgIpc) is 3.14. The van der Waals surface area contributed by atoms with Crippen LogP contribution >= 0.6 is 0 Å². The van der Waals surface area contributed by atoms with Crippen molar-refractivity contribution in [1.82, 2.24) is 19.9 Å². The summed E-state index contributed by atoms with van der Waals surface area (Å²) < 4.78 is 0. The lowest BCUT2D eigenvalue weighted by Crippen LogP contribution is -2.35. The van der Waals surface area contributed by atoms with Gasteiger partial charge in [0.2, 0.25) is 6.41 Å². The van der Waals surface area contributed by atoms with Crippen molar-refractivity contribution < 1.29 is 14.8 Å². The maximum atomic E-state index is 12.3. The number of nitrogens with zero attached hydrogens (tertiary/aromatic N) is 3. The summed E-state index contributed by atoms with van der Waals surface area (Å²) in [7, 11) is 0. The van der Waals surface area contributed by atoms with Gasteiger partial charge < -0.3 is 4.98 Å². The molecule has 2 unspecified atom stereocenters. The molecule has 5 rings (SSSR count). The van der Waals surface area contributed by atoms with Crippen LogP contribution in [-0.2, 0) is 9.59 Å². The zero-order valence-electron chi connectivity index (χ0n) is 18.0. The van der Waals surface area contributed by atoms with Crippen molar-refractivity contribution >= 4 is 23.4 Å². The number of aromatic amines is 1. The molecule has 2 N–H and O–H groups in total. The Balaban J connectivity index is 1.36. The molecule has 3 aliphatic rings. The van der Waals surface area contributed by atoms with Gasteiger partial charge in [-0.3, -0.25) is 19.7 Å². The molecule has 2 aromatic rings. The first-order valence-electron chi connectivity index (χ1n) is 11.7. The number of benzene rings is 1. The van der Waals surface area contributed by atoms with Gasteiger partial charge in [0, 0.05) is 19.5 Å². The van der Waals surface area contributed by atoms with E-state index in [0.717, 1.165) is 42.8 Å². The highest BCUT2D eigenvalue weighted by Crippen LogP contribution is 2.58. The molecule has 31 heavy (non-hydrogen) atoms. The number of fused-ring (bicyclic) bond motifs is 1. The van der Waals surface area contributed by atoms with Gasteiger partial charge in [-0.25, -0.2) is 4.98 Å². The third kappa shape index (κ3) is 4.39. The van der Waals surface area contributed by atoms with E-state index in [1.54, 1.807) is 0 Å². The lowest BCUT2D eigenvalue weighted by atomic mass is 9.90. The van der Waals surface area contributed by atoms with Crippen LogP contribution in [0, 0.1) is 17.3 Å². The molecule has 3 fully saturated rings. The number of nitrogens with one attached hydrogen (secondary N) is 1. The van der Waals surface area contributed by atoms with Crippen LogP contribution in [0.1, 0.15) is 69.7 Å². The standard InChI is InChI=1S/C24H32N4O3/c29-16-28(31)22(30)12-18(11-17-5-1-2-6-17)14-27-15-24(9-10-24)13-21(27)23-25-19-7-3-4-8-20(19)26-23/h3-4,7-8,16-18,21,31H,1-2,5-6,9-15H2,(H,25,26). The number of para-hydroxylation sites is 2. The molecule has 1 aromatic heterocycles. The third-order valence-electron chi connectivity index (χ3n) is 7.74. The molecule has 0 bridgehead atoms. The van der Waals surface area contributed by atoms with Gasteiger partial charge in [0.25, 0.3) is 5.91 Å². The predicted octanol–water partition coefficient (Wildman–Crippen LogP) is 4.05. The Bertz CT molecular complexity index is 914. The Morgan fingerprint density at radius 1 is 1.32 bits per heavy atom. The zero-order chi connectivity index (χ0) is 21.4. The number of amides is 2. The van der Waals surface area contributed by atoms with Crippen LogP contribution in [-0.4, -0.2) is 50.5 Å². The maximum Gasteiger partial charge on any atom is 0.253 e. The third-order valence-corrected chi connectivity index (χ3v) is 7.74. The van der Waals surface area contributed by atoms with E-state index in [1.165, 1.54) is 38.5 Å². The van der Waals surface area contributed by atoms with E-state index in [4.69, 9.17) is 4.98 Å². The van der Waals surface area contributed by atoms with Gasteiger partial charge >= 0.3 is 0 Å². The van der Waals surface area contributed by atoms with Gasteiger partial charge in [-0.1, -0.05) is 37.8 Å². The molecule has 2 saturated carbocycles. The molecule has 2 heterocycles. The summed E-state index contributed by atoms with van der Waals surface area (Å²) in [6.07, 6.45) is 10.00. The largest absolute Gasteiger partial charge is 0.341 e. The van der Waals surface area contributed by atoms with Gasteiger partial charge in [0.1, 0.15) is 5.82 Å². The molecule has 7 heteroatoms. The van der Waals surface area contributed by atoms with E-state index < -0.39 is 5.91 Å². The molecule has 2 amide bonds. The molecular weight excluding hydrogens is 392 g/mol. The minimum atomic E-state index is -0.501. The van der Waals surface area contributed by atoms with E-state index in [9.17, 15) is 14.8 Å². The number of aromatic nitrogens is 2. The van der Waals surface area contributed by atoms with E-state index in [2.05, 4.69) is 16.0 Å². The molecule has 166 valence electrons. The lowest BCUT2D eigenvalue weighted by Gasteiger charge is -2.29. The van der Waals surface area contributed by atoms with Crippen LogP contribution < -0.4 is 0 Å². The second-order valence-electron chi connectivity index (χ2n) is 10.1. The summed E-state index contributed by atoms with van der Waals surface area (Å²) in [5.41, 5.74) is 2.46. The van der Waals surface area contributed by atoms with Crippen LogP contribution in [0.3, 0.4) is 0 Å². The first-order valence-corrected chi connectivity index (χ1v) is 11.7. The van der Waals surface area contributed by atoms with Crippen LogP contribution in [0.2, 0.25) is 0 Å². The van der Waals surface area contributed by atoms with Gasteiger partial charge in [-0.2, -0.15) is 5.06 Å². The number of imide groups is 1. The Labute approximate surface area is 182 Å². The van der Waals surface area contributed by atoms with E-state index >= 15 is 0 Å². The Hall–Kier alpha value is -2.25. The summed E-state index contributed by atoms with van der Waals surface area (Å²) in [4.78, 5) is 34.2. The molecule has 0 radical (unpaired) electrons. The van der Waals surface area contributed by atoms with Crippen molar-refractivity contribution in [3.05, 3.63) is 30.1 Å². The van der Waals surface area contributed by atoms with Crippen LogP contribution in [0.25, 0.3) is 11.0 Å². The highest BCUT2D eigenvalue weighted by Gasteiger charge is 2.53. The average molecular weight is 425 g/mol. The van der Waals surface area contributed by atoms with Crippen molar-refractivity contribution in [2.24, 2.45) is 17.3 Å². The molecule has 1 saturated heterocycles. The Kier molecular flexibility index (Phi) is 5.56. The van der Waals surface area contributed by atoms with E-state index in [1.807, 2.05) is 18.2 Å². The van der Waals surface area contributed by atoms with Crippen LogP contribution in [0.5, 0.6) is 0 Å². The number of imidazole rings is 1. The number of likely N-dealkylation sites (tertiary alicyclic amines) is 1. The number of carbonyl (C=O) groups excluding carboxylic acids is 2. The number of rotatable bonds is 8. The summed E-state index contributed by atoms with van der Waals surface area (Å²) >= 11 is 0. The van der Waals surface area contributed by atoms with Crippen molar-refractivity contribution in [3.8, 4) is 0 Å². The molecule has 2 aliphatic carbocycles. The lowest BCUT2D eigenvalue weighted by molar-refractivity contribution is -0.171. The van der Waals surface area contributed by atoms with E-state index in [0.29, 0.717) is 11.3 Å². The second-order valence-corrected chi connectivity index (χ2v) is 10.1. The Morgan fingerprint density at radius 3 is 2.81 bits per heavy atom. The molecule has 1 spiro atoms. The van der Waals surface area contributed by atoms with Crippen LogP contribution in [0.15, 0.2) is 24.3 Å². The number of carbonyl (C=O) groups is 2. The number of hydrogen-bond donors (Lipinski definition) is 2. The van der Waals surface area contributed by atoms with E-state index in [-0.39, 0.29) is 29.9 Å². The molecule has 7 nitrogen and oxygen atoms in total. The maximum absolute atomic E-state index is 12.3. The second kappa shape index (κ2) is 8.36. The molecular formula is C24H32N4O3. The van der Waals surface area contributed by atoms with Crippen molar-refractivity contribution in [2.75, 3.05) is 13.1 Å². The smallest absolute Gasteiger partial charge is 0.253 e. The van der Waals surface area contributed by atoms with Gasteiger partial charge in [0.15, 0.2) is 0 Å². The van der Waals surface area contributed by atoms with Gasteiger partial charge in [0.05, 0.1) is 17.1 Å². The Morgan fingerprint density at radius 2 is 2.10 bits per heavy atom. The summed E-state index contributed by atoms with van der Waals surface area (Å²) in [5.74, 6) is 1.29. The van der Waals surface area contributed by atoms with Gasteiger partial charge in [-0.15, -0.1) is 0 Å². The van der Waals surface area contributed by atoms with Gasteiger partial charge in [-0.05, 0) is 55.1 Å². The predicted molar refractivity (Wildman–Crippen MR) is 116 cm³/mol. The SMILES string of the molecule is O=CN(O)C(=O)CC(CC1CCCC1)CN1CC2(CC2)CC1c1nc2ccccc2[nH]1. The van der Waals surface area contributed by atoms with Crippen molar-refractivity contribution in [2.45, 2.75) is 63.8 Å². The minimum Gasteiger partial charge on any atom is -0.341 e. The normalized spacial score (nSPS) is 24.1. The highest BCUT2D eigenvalue weighted by atomic mass is 16.5. The topological polar surface area (TPSA) is 89.5 Å². The fourth-order valence-corrected chi connectivity index (χ4v) is 5.95. The van der Waals surface area contributed by atoms with Crippen molar-refractivity contribution in [1.29, 1.82) is 0 Å². The summed E-state index contributed by atoms with van der Waals surface area (Å²) in [6.45, 7) is 1.85.